The van der Waals surface area contributed by atoms with E-state index in [1.165, 1.54) is 0 Å². The first-order chi connectivity index (χ1) is 10.0. The molecule has 1 aromatic carbocycles. The first-order valence-electron chi connectivity index (χ1n) is 7.20. The van der Waals surface area contributed by atoms with Crippen LogP contribution in [-0.2, 0) is 4.79 Å². The highest BCUT2D eigenvalue weighted by molar-refractivity contribution is 5.94. The summed E-state index contributed by atoms with van der Waals surface area (Å²) in [5.74, 6) is -0.170. The van der Waals surface area contributed by atoms with Crippen molar-refractivity contribution in [3.8, 4) is 0 Å². The highest BCUT2D eigenvalue weighted by Crippen LogP contribution is 2.16. The number of nitrogens with one attached hydrogen (secondary N) is 2. The molecule has 6 heteroatoms. The summed E-state index contributed by atoms with van der Waals surface area (Å²) in [6.07, 6.45) is 0. The van der Waals surface area contributed by atoms with E-state index >= 15 is 0 Å². The van der Waals surface area contributed by atoms with Gasteiger partial charge in [0, 0.05) is 5.39 Å². The zero-order valence-corrected chi connectivity index (χ0v) is 13.9. The van der Waals surface area contributed by atoms with Crippen molar-refractivity contribution in [2.45, 2.75) is 20.8 Å². The number of hydrogen-bond acceptors (Lipinski definition) is 3. The highest BCUT2D eigenvalue weighted by Gasteiger charge is 2.10. The van der Waals surface area contributed by atoms with Crippen LogP contribution in [0.2, 0.25) is 0 Å². The molecule has 22 heavy (non-hydrogen) atoms. The summed E-state index contributed by atoms with van der Waals surface area (Å²) < 4.78 is 0. The van der Waals surface area contributed by atoms with Gasteiger partial charge in [0.15, 0.2) is 0 Å². The van der Waals surface area contributed by atoms with E-state index < -0.39 is 0 Å². The Bertz CT molecular complexity index is 708. The lowest BCUT2D eigenvalue weighted by Gasteiger charge is -2.17. The Morgan fingerprint density at radius 3 is 2.59 bits per heavy atom. The number of benzene rings is 1. The van der Waals surface area contributed by atoms with E-state index in [1.54, 1.807) is 6.07 Å². The minimum absolute atomic E-state index is 0. The second-order valence-corrected chi connectivity index (χ2v) is 5.06. The largest absolute Gasteiger partial charge is 0.320 e. The molecule has 0 saturated heterocycles. The molecule has 2 rings (SSSR count). The Labute approximate surface area is 136 Å². The van der Waals surface area contributed by atoms with Crippen LogP contribution in [0.15, 0.2) is 29.1 Å². The molecule has 0 unspecified atom stereocenters. The van der Waals surface area contributed by atoms with E-state index in [-0.39, 0.29) is 30.4 Å². The molecule has 1 amide bonds. The van der Waals surface area contributed by atoms with Gasteiger partial charge in [-0.3, -0.25) is 14.5 Å². The van der Waals surface area contributed by atoms with Crippen LogP contribution >= 0.6 is 12.4 Å². The molecule has 120 valence electrons. The maximum absolute atomic E-state index is 12.1. The number of carbonyl (C=O) groups excluding carboxylic acids is 1. The van der Waals surface area contributed by atoms with E-state index in [1.807, 2.05) is 43.9 Å². The number of likely N-dealkylation sites (N-methyl/N-ethyl adjacent to an activating group) is 1. The van der Waals surface area contributed by atoms with Crippen molar-refractivity contribution in [1.29, 1.82) is 0 Å². The van der Waals surface area contributed by atoms with E-state index in [4.69, 9.17) is 0 Å². The third kappa shape index (κ3) is 4.08. The first-order valence-corrected chi connectivity index (χ1v) is 7.20. The number of aromatic amines is 1. The summed E-state index contributed by atoms with van der Waals surface area (Å²) in [6.45, 7) is 7.84. The maximum Gasteiger partial charge on any atom is 0.272 e. The summed E-state index contributed by atoms with van der Waals surface area (Å²) in [5.41, 5.74) is 1.84. The monoisotopic (exact) mass is 323 g/mol. The fourth-order valence-electron chi connectivity index (χ4n) is 2.32. The average molecular weight is 324 g/mol. The van der Waals surface area contributed by atoms with Gasteiger partial charge in [-0.1, -0.05) is 32.0 Å². The predicted molar refractivity (Wildman–Crippen MR) is 93.0 cm³/mol. The summed E-state index contributed by atoms with van der Waals surface area (Å²) in [5, 5.41) is 3.61. The number of carbonyl (C=O) groups is 1. The van der Waals surface area contributed by atoms with Gasteiger partial charge in [-0.05, 0) is 31.6 Å². The minimum atomic E-state index is -0.273. The number of amides is 1. The first kappa shape index (κ1) is 18.2. The van der Waals surface area contributed by atoms with E-state index in [0.717, 1.165) is 29.6 Å². The van der Waals surface area contributed by atoms with Crippen molar-refractivity contribution in [3.05, 3.63) is 40.2 Å². The highest BCUT2D eigenvalue weighted by atomic mass is 35.5. The van der Waals surface area contributed by atoms with Crippen LogP contribution in [0.4, 0.5) is 5.69 Å². The van der Waals surface area contributed by atoms with E-state index in [9.17, 15) is 9.59 Å². The fraction of sp³-hybridized carbons (Fsp3) is 0.375. The van der Waals surface area contributed by atoms with E-state index in [0.29, 0.717) is 5.69 Å². The van der Waals surface area contributed by atoms with Crippen molar-refractivity contribution >= 4 is 34.9 Å². The number of aromatic nitrogens is 1. The number of halogens is 1. The quantitative estimate of drug-likeness (QED) is 0.888. The van der Waals surface area contributed by atoms with Crippen LogP contribution in [0.25, 0.3) is 10.9 Å². The van der Waals surface area contributed by atoms with Gasteiger partial charge in [-0.25, -0.2) is 0 Å². The number of rotatable bonds is 5. The van der Waals surface area contributed by atoms with Crippen LogP contribution < -0.4 is 10.9 Å². The van der Waals surface area contributed by atoms with Gasteiger partial charge in [-0.2, -0.15) is 0 Å². The molecule has 2 aromatic rings. The van der Waals surface area contributed by atoms with Gasteiger partial charge < -0.3 is 10.3 Å². The Hall–Kier alpha value is -1.85. The minimum Gasteiger partial charge on any atom is -0.320 e. The van der Waals surface area contributed by atoms with E-state index in [2.05, 4.69) is 10.3 Å². The summed E-state index contributed by atoms with van der Waals surface area (Å²) in [4.78, 5) is 28.9. The second-order valence-electron chi connectivity index (χ2n) is 5.06. The molecule has 0 fully saturated rings. The number of H-pyrrole nitrogens is 1. The molecule has 2 N–H and O–H groups in total. The zero-order chi connectivity index (χ0) is 15.4. The molecule has 0 atom stereocenters. The molecule has 0 aliphatic rings. The SMILES string of the molecule is CCN(CC)CC(=O)Nc1cc2cccc(C)c2[nH]c1=O.Cl. The predicted octanol–water partition coefficient (Wildman–Crippen LogP) is 2.54. The number of pyridine rings is 1. The number of fused-ring (bicyclic) bond motifs is 1. The Kier molecular flexibility index (Phi) is 6.59. The molecular formula is C16H22ClN3O2. The van der Waals surface area contributed by atoms with Gasteiger partial charge in [0.1, 0.15) is 5.69 Å². The van der Waals surface area contributed by atoms with Crippen LogP contribution in [0, 0.1) is 6.92 Å². The standard InChI is InChI=1S/C16H21N3O2.ClH/c1-4-19(5-2)10-14(20)17-13-9-12-8-6-7-11(3)15(12)18-16(13)21;/h6-9H,4-5,10H2,1-3H3,(H,17,20)(H,18,21);1H. The van der Waals surface area contributed by atoms with Crippen molar-refractivity contribution < 1.29 is 4.79 Å². The smallest absolute Gasteiger partial charge is 0.272 e. The molecule has 0 saturated carbocycles. The molecule has 0 aliphatic carbocycles. The third-order valence-electron chi connectivity index (χ3n) is 3.62. The lowest BCUT2D eigenvalue weighted by Crippen LogP contribution is -2.34. The van der Waals surface area contributed by atoms with Crippen LogP contribution in [-0.4, -0.2) is 35.4 Å². The Balaban J connectivity index is 0.00000242. The second kappa shape index (κ2) is 7.96. The summed E-state index contributed by atoms with van der Waals surface area (Å²) in [6, 6.07) is 7.51. The molecule has 0 aliphatic heterocycles. The van der Waals surface area contributed by atoms with Crippen LogP contribution in [0.1, 0.15) is 19.4 Å². The lowest BCUT2D eigenvalue weighted by atomic mass is 10.1. The zero-order valence-electron chi connectivity index (χ0n) is 13.1. The van der Waals surface area contributed by atoms with Crippen LogP contribution in [0.5, 0.6) is 0 Å². The number of anilines is 1. The molecule has 5 nitrogen and oxygen atoms in total. The molecule has 0 radical (unpaired) electrons. The number of para-hydroxylation sites is 1. The van der Waals surface area contributed by atoms with Crippen molar-refractivity contribution in [3.63, 3.8) is 0 Å². The Morgan fingerprint density at radius 1 is 1.27 bits per heavy atom. The lowest BCUT2D eigenvalue weighted by molar-refractivity contribution is -0.117. The van der Waals surface area contributed by atoms with Gasteiger partial charge in [0.25, 0.3) is 5.56 Å². The molecular weight excluding hydrogens is 302 g/mol. The van der Waals surface area contributed by atoms with Crippen molar-refractivity contribution in [2.24, 2.45) is 0 Å². The molecule has 1 aromatic heterocycles. The number of nitrogens with zero attached hydrogens (tertiary/aromatic N) is 1. The summed E-state index contributed by atoms with van der Waals surface area (Å²) in [7, 11) is 0. The fourth-order valence-corrected chi connectivity index (χ4v) is 2.32. The van der Waals surface area contributed by atoms with Crippen molar-refractivity contribution in [1.82, 2.24) is 9.88 Å². The Morgan fingerprint density at radius 2 is 1.95 bits per heavy atom. The molecule has 1 heterocycles. The molecule has 0 spiro atoms. The summed E-state index contributed by atoms with van der Waals surface area (Å²) >= 11 is 0. The average Bonchev–Trinajstić information content (AvgIpc) is 2.46. The normalized spacial score (nSPS) is 10.5. The number of aryl methyl sites for hydroxylation is 1. The maximum atomic E-state index is 12.1. The van der Waals surface area contributed by atoms with Gasteiger partial charge in [0.05, 0.1) is 12.1 Å². The topological polar surface area (TPSA) is 65.2 Å². The van der Waals surface area contributed by atoms with Crippen LogP contribution in [0.3, 0.4) is 0 Å². The van der Waals surface area contributed by atoms with Gasteiger partial charge >= 0.3 is 0 Å². The van der Waals surface area contributed by atoms with Gasteiger partial charge in [0.2, 0.25) is 5.91 Å². The number of hydrogen-bond donors (Lipinski definition) is 2. The van der Waals surface area contributed by atoms with Crippen molar-refractivity contribution in [2.75, 3.05) is 25.0 Å². The molecule has 0 bridgehead atoms. The third-order valence-corrected chi connectivity index (χ3v) is 3.62. The van der Waals surface area contributed by atoms with Gasteiger partial charge in [-0.15, -0.1) is 12.4 Å².